The Labute approximate surface area is 171 Å². The van der Waals surface area contributed by atoms with Gasteiger partial charge in [-0.15, -0.1) is 6.42 Å². The fourth-order valence-corrected chi connectivity index (χ4v) is 3.81. The van der Waals surface area contributed by atoms with Crippen LogP contribution in [-0.4, -0.2) is 64.6 Å². The number of benzene rings is 1. The summed E-state index contributed by atoms with van der Waals surface area (Å²) in [5.74, 6) is 2.36. The minimum atomic E-state index is -0.609. The van der Waals surface area contributed by atoms with Crippen molar-refractivity contribution in [2.45, 2.75) is 39.0 Å². The summed E-state index contributed by atoms with van der Waals surface area (Å²) >= 11 is 0. The molecule has 0 aliphatic carbocycles. The van der Waals surface area contributed by atoms with Crippen molar-refractivity contribution >= 4 is 17.8 Å². The van der Waals surface area contributed by atoms with E-state index in [4.69, 9.17) is 6.42 Å². The Morgan fingerprint density at radius 3 is 2.69 bits per heavy atom. The van der Waals surface area contributed by atoms with Crippen molar-refractivity contribution in [3.8, 4) is 12.3 Å². The predicted molar refractivity (Wildman–Crippen MR) is 108 cm³/mol. The Kier molecular flexibility index (Phi) is 6.39. The minimum absolute atomic E-state index is 0.0403. The normalized spacial score (nSPS) is 22.1. The molecule has 0 radical (unpaired) electrons. The van der Waals surface area contributed by atoms with Gasteiger partial charge in [0.05, 0.1) is 19.6 Å². The van der Waals surface area contributed by atoms with Crippen LogP contribution in [0.5, 0.6) is 0 Å². The van der Waals surface area contributed by atoms with E-state index in [1.165, 1.54) is 5.01 Å². The molecule has 2 atom stereocenters. The predicted octanol–water partition coefficient (Wildman–Crippen LogP) is 0.761. The maximum Gasteiger partial charge on any atom is 0.334 e. The van der Waals surface area contributed by atoms with Crippen LogP contribution in [0, 0.1) is 18.3 Å². The Balaban J connectivity index is 1.83. The molecule has 154 valence electrons. The molecule has 4 amide bonds. The lowest BCUT2D eigenvalue weighted by atomic mass is 9.98. The van der Waals surface area contributed by atoms with E-state index in [1.807, 2.05) is 44.2 Å². The summed E-state index contributed by atoms with van der Waals surface area (Å²) in [5, 5.41) is 8.79. The molecule has 29 heavy (non-hydrogen) atoms. The summed E-state index contributed by atoms with van der Waals surface area (Å²) in [6, 6.07) is 8.61. The van der Waals surface area contributed by atoms with Gasteiger partial charge < -0.3 is 15.5 Å². The third-order valence-corrected chi connectivity index (χ3v) is 5.07. The molecule has 2 aliphatic rings. The average Bonchev–Trinajstić information content (AvgIpc) is 2.69. The van der Waals surface area contributed by atoms with Crippen LogP contribution < -0.4 is 10.6 Å². The van der Waals surface area contributed by atoms with Gasteiger partial charge in [-0.25, -0.2) is 9.80 Å². The molecule has 0 bridgehead atoms. The van der Waals surface area contributed by atoms with E-state index in [9.17, 15) is 14.4 Å². The number of hydrazine groups is 1. The molecule has 8 nitrogen and oxygen atoms in total. The number of hydrogen-bond donors (Lipinski definition) is 2. The molecule has 1 aromatic rings. The van der Waals surface area contributed by atoms with Gasteiger partial charge in [-0.1, -0.05) is 50.1 Å². The zero-order valence-electron chi connectivity index (χ0n) is 16.8. The van der Waals surface area contributed by atoms with Gasteiger partial charge in [-0.05, 0) is 17.9 Å². The number of fused-ring (bicyclic) bond motifs is 1. The zero-order chi connectivity index (χ0) is 21.0. The lowest BCUT2D eigenvalue weighted by Crippen LogP contribution is -2.76. The second kappa shape index (κ2) is 8.97. The molecule has 2 fully saturated rings. The number of amides is 4. The molecule has 8 heteroatoms. The van der Waals surface area contributed by atoms with Gasteiger partial charge in [0.15, 0.2) is 0 Å². The van der Waals surface area contributed by atoms with E-state index in [0.29, 0.717) is 13.0 Å². The van der Waals surface area contributed by atoms with Crippen LogP contribution in [0.3, 0.4) is 0 Å². The smallest absolute Gasteiger partial charge is 0.334 e. The van der Waals surface area contributed by atoms with Crippen LogP contribution >= 0.6 is 0 Å². The first-order valence-corrected chi connectivity index (χ1v) is 9.80. The highest BCUT2D eigenvalue weighted by atomic mass is 16.2. The highest BCUT2D eigenvalue weighted by molar-refractivity contribution is 5.91. The van der Waals surface area contributed by atoms with Crippen molar-refractivity contribution in [2.24, 2.45) is 5.92 Å². The number of nitrogens with zero attached hydrogens (tertiary/aromatic N) is 3. The maximum atomic E-state index is 13.1. The van der Waals surface area contributed by atoms with Crippen LogP contribution in [0.1, 0.15) is 25.8 Å². The molecular weight excluding hydrogens is 370 g/mol. The molecule has 3 rings (SSSR count). The molecule has 2 heterocycles. The van der Waals surface area contributed by atoms with Crippen LogP contribution in [0.15, 0.2) is 30.3 Å². The second-order valence-electron chi connectivity index (χ2n) is 7.69. The Hall–Kier alpha value is -3.05. The third kappa shape index (κ3) is 4.51. The van der Waals surface area contributed by atoms with E-state index in [2.05, 4.69) is 16.6 Å². The maximum absolute atomic E-state index is 13.1. The number of carbonyl (C=O) groups excluding carboxylic acids is 3. The molecular formula is C21H27N5O3. The Morgan fingerprint density at radius 1 is 1.31 bits per heavy atom. The van der Waals surface area contributed by atoms with Crippen LogP contribution in [-0.2, 0) is 16.1 Å². The third-order valence-electron chi connectivity index (χ3n) is 5.07. The lowest BCUT2D eigenvalue weighted by Gasteiger charge is -2.52. The van der Waals surface area contributed by atoms with Gasteiger partial charge >= 0.3 is 6.03 Å². The highest BCUT2D eigenvalue weighted by Gasteiger charge is 2.48. The van der Waals surface area contributed by atoms with Crippen molar-refractivity contribution in [1.82, 2.24) is 25.6 Å². The van der Waals surface area contributed by atoms with E-state index in [1.54, 1.807) is 9.91 Å². The first-order valence-electron chi connectivity index (χ1n) is 9.80. The number of rotatable bonds is 5. The second-order valence-corrected chi connectivity index (χ2v) is 7.69. The number of hydrogen-bond acceptors (Lipinski definition) is 4. The van der Waals surface area contributed by atoms with E-state index in [-0.39, 0.29) is 43.4 Å². The fourth-order valence-electron chi connectivity index (χ4n) is 3.81. The van der Waals surface area contributed by atoms with Crippen molar-refractivity contribution in [3.63, 3.8) is 0 Å². The van der Waals surface area contributed by atoms with Crippen LogP contribution in [0.2, 0.25) is 0 Å². The SMILES string of the molecule is C#CCN1CC(=O)N2[C@@H](CC(C)C)C(=O)NC[C@@H]2N1C(=O)NCc1ccccc1. The molecule has 2 saturated heterocycles. The lowest BCUT2D eigenvalue weighted by molar-refractivity contribution is -0.179. The molecule has 0 spiro atoms. The largest absolute Gasteiger partial charge is 0.350 e. The molecule has 0 saturated carbocycles. The highest BCUT2D eigenvalue weighted by Crippen LogP contribution is 2.26. The minimum Gasteiger partial charge on any atom is -0.350 e. The molecule has 2 N–H and O–H groups in total. The van der Waals surface area contributed by atoms with Crippen molar-refractivity contribution in [1.29, 1.82) is 0 Å². The van der Waals surface area contributed by atoms with Crippen molar-refractivity contribution < 1.29 is 14.4 Å². The standard InChI is InChI=1S/C21H27N5O3/c1-4-10-24-14-19(27)25-17(11-15(2)3)20(28)22-13-18(25)26(24)21(29)23-12-16-8-6-5-7-9-16/h1,5-9,15,17-18H,10-14H2,2-3H3,(H,22,28)(H,23,29)/t17-,18-/m0/s1. The number of carbonyl (C=O) groups is 3. The van der Waals surface area contributed by atoms with E-state index in [0.717, 1.165) is 5.56 Å². The number of urea groups is 1. The summed E-state index contributed by atoms with van der Waals surface area (Å²) in [6.07, 6.45) is 5.39. The average molecular weight is 397 g/mol. The quantitative estimate of drug-likeness (QED) is 0.719. The zero-order valence-corrected chi connectivity index (χ0v) is 16.8. The van der Waals surface area contributed by atoms with Gasteiger partial charge in [0, 0.05) is 6.54 Å². The van der Waals surface area contributed by atoms with E-state index < -0.39 is 12.2 Å². The van der Waals surface area contributed by atoms with E-state index >= 15 is 0 Å². The van der Waals surface area contributed by atoms with Crippen molar-refractivity contribution in [2.75, 3.05) is 19.6 Å². The van der Waals surface area contributed by atoms with Gasteiger partial charge in [-0.2, -0.15) is 5.01 Å². The number of nitrogens with one attached hydrogen (secondary N) is 2. The first-order chi connectivity index (χ1) is 13.9. The summed E-state index contributed by atoms with van der Waals surface area (Å²) < 4.78 is 0. The Bertz CT molecular complexity index is 804. The number of piperazine rings is 1. The van der Waals surface area contributed by atoms with Gasteiger partial charge in [0.25, 0.3) is 0 Å². The molecule has 2 aliphatic heterocycles. The first kappa shape index (κ1) is 20.7. The topological polar surface area (TPSA) is 85.0 Å². The summed E-state index contributed by atoms with van der Waals surface area (Å²) in [6.45, 7) is 4.60. The van der Waals surface area contributed by atoms with Gasteiger partial charge in [0.2, 0.25) is 11.8 Å². The Morgan fingerprint density at radius 2 is 2.03 bits per heavy atom. The molecule has 0 unspecified atom stereocenters. The molecule has 0 aromatic heterocycles. The van der Waals surface area contributed by atoms with Gasteiger partial charge in [-0.3, -0.25) is 9.59 Å². The van der Waals surface area contributed by atoms with Gasteiger partial charge in [0.1, 0.15) is 12.2 Å². The number of terminal acetylenes is 1. The fraction of sp³-hybridized carbons (Fsp3) is 0.476. The van der Waals surface area contributed by atoms with Crippen LogP contribution in [0.25, 0.3) is 0 Å². The van der Waals surface area contributed by atoms with Crippen LogP contribution in [0.4, 0.5) is 4.79 Å². The monoisotopic (exact) mass is 397 g/mol. The summed E-state index contributed by atoms with van der Waals surface area (Å²) in [7, 11) is 0. The van der Waals surface area contributed by atoms with Crippen molar-refractivity contribution in [3.05, 3.63) is 35.9 Å². The summed E-state index contributed by atoms with van der Waals surface area (Å²) in [5.41, 5.74) is 0.962. The molecule has 1 aromatic carbocycles. The summed E-state index contributed by atoms with van der Waals surface area (Å²) in [4.78, 5) is 40.0.